The van der Waals surface area contributed by atoms with E-state index in [1.54, 1.807) is 0 Å². The van der Waals surface area contributed by atoms with Crippen molar-refractivity contribution in [2.75, 3.05) is 19.6 Å². The third-order valence-electron chi connectivity index (χ3n) is 2.99. The Morgan fingerprint density at radius 1 is 1.31 bits per heavy atom. The van der Waals surface area contributed by atoms with Crippen LogP contribution >= 0.6 is 0 Å². The predicted octanol–water partition coefficient (Wildman–Crippen LogP) is 1.15. The van der Waals surface area contributed by atoms with Gasteiger partial charge in [-0.2, -0.15) is 0 Å². The van der Waals surface area contributed by atoms with Gasteiger partial charge in [0.2, 0.25) is 0 Å². The molecule has 0 amide bonds. The van der Waals surface area contributed by atoms with Gasteiger partial charge < -0.3 is 15.4 Å². The lowest BCUT2D eigenvalue weighted by Crippen LogP contribution is -2.53. The minimum Gasteiger partial charge on any atom is -0.372 e. The van der Waals surface area contributed by atoms with Crippen LogP contribution < -0.4 is 10.6 Å². The van der Waals surface area contributed by atoms with Gasteiger partial charge in [0.05, 0.1) is 12.7 Å². The molecule has 0 radical (unpaired) electrons. The van der Waals surface area contributed by atoms with Gasteiger partial charge >= 0.3 is 0 Å². The minimum atomic E-state index is 0.244. The predicted molar refractivity (Wildman–Crippen MR) is 65.4 cm³/mol. The zero-order chi connectivity index (χ0) is 11.2. The second-order valence-electron chi connectivity index (χ2n) is 4.27. The van der Waals surface area contributed by atoms with Crippen LogP contribution in [-0.4, -0.2) is 31.8 Å². The molecule has 3 nitrogen and oxygen atoms in total. The lowest BCUT2D eigenvalue weighted by molar-refractivity contribution is 0.0239. The molecule has 1 aliphatic rings. The first-order valence-electron chi connectivity index (χ1n) is 5.96. The molecule has 1 aliphatic heterocycles. The van der Waals surface area contributed by atoms with Crippen molar-refractivity contribution in [3.8, 4) is 0 Å². The van der Waals surface area contributed by atoms with Crippen molar-refractivity contribution in [1.82, 2.24) is 10.6 Å². The van der Waals surface area contributed by atoms with E-state index in [1.165, 1.54) is 5.56 Å². The molecule has 0 aromatic heterocycles. The first-order chi connectivity index (χ1) is 7.86. The van der Waals surface area contributed by atoms with Crippen molar-refractivity contribution in [1.29, 1.82) is 0 Å². The number of hydrogen-bond donors (Lipinski definition) is 2. The smallest absolute Gasteiger partial charge is 0.0721 e. The Labute approximate surface area is 97.2 Å². The fourth-order valence-corrected chi connectivity index (χ4v) is 1.93. The SMILES string of the molecule is CC(OCc1ccccc1)C1CNCCN1. The van der Waals surface area contributed by atoms with Crippen LogP contribution in [0.2, 0.25) is 0 Å². The van der Waals surface area contributed by atoms with Crippen LogP contribution in [0.15, 0.2) is 30.3 Å². The monoisotopic (exact) mass is 220 g/mol. The Morgan fingerprint density at radius 2 is 2.12 bits per heavy atom. The quantitative estimate of drug-likeness (QED) is 0.798. The second kappa shape index (κ2) is 5.99. The molecule has 16 heavy (non-hydrogen) atoms. The van der Waals surface area contributed by atoms with E-state index in [9.17, 15) is 0 Å². The van der Waals surface area contributed by atoms with Crippen molar-refractivity contribution in [3.05, 3.63) is 35.9 Å². The second-order valence-corrected chi connectivity index (χ2v) is 4.27. The van der Waals surface area contributed by atoms with Crippen LogP contribution in [0, 0.1) is 0 Å². The average Bonchev–Trinajstić information content (AvgIpc) is 2.38. The first-order valence-corrected chi connectivity index (χ1v) is 5.96. The standard InChI is InChI=1S/C13H20N2O/c1-11(13-9-14-7-8-15-13)16-10-12-5-3-2-4-6-12/h2-6,11,13-15H,7-10H2,1H3. The van der Waals surface area contributed by atoms with Gasteiger partial charge in [0.25, 0.3) is 0 Å². The largest absolute Gasteiger partial charge is 0.372 e. The van der Waals surface area contributed by atoms with Gasteiger partial charge in [-0.15, -0.1) is 0 Å². The molecule has 0 bridgehead atoms. The highest BCUT2D eigenvalue weighted by atomic mass is 16.5. The molecule has 3 heteroatoms. The summed E-state index contributed by atoms with van der Waals surface area (Å²) >= 11 is 0. The summed E-state index contributed by atoms with van der Waals surface area (Å²) in [5.74, 6) is 0. The molecule has 1 aromatic carbocycles. The third-order valence-corrected chi connectivity index (χ3v) is 2.99. The summed E-state index contributed by atoms with van der Waals surface area (Å²) in [6.45, 7) is 5.91. The normalized spacial score (nSPS) is 22.9. The number of rotatable bonds is 4. The lowest BCUT2D eigenvalue weighted by atomic mass is 10.1. The Hall–Kier alpha value is -0.900. The molecule has 1 heterocycles. The summed E-state index contributed by atoms with van der Waals surface area (Å²) in [7, 11) is 0. The molecule has 88 valence electrons. The molecule has 1 saturated heterocycles. The molecule has 2 N–H and O–H groups in total. The Morgan fingerprint density at radius 3 is 2.81 bits per heavy atom. The van der Waals surface area contributed by atoms with E-state index in [0.29, 0.717) is 12.6 Å². The molecule has 0 spiro atoms. The summed E-state index contributed by atoms with van der Waals surface area (Å²) in [6, 6.07) is 10.7. The van der Waals surface area contributed by atoms with Crippen LogP contribution in [0.3, 0.4) is 0 Å². The molecule has 2 rings (SSSR count). The highest BCUT2D eigenvalue weighted by Gasteiger charge is 2.19. The lowest BCUT2D eigenvalue weighted by Gasteiger charge is -2.29. The van der Waals surface area contributed by atoms with Crippen molar-refractivity contribution >= 4 is 0 Å². The van der Waals surface area contributed by atoms with E-state index in [0.717, 1.165) is 19.6 Å². The van der Waals surface area contributed by atoms with E-state index < -0.39 is 0 Å². The van der Waals surface area contributed by atoms with E-state index in [1.807, 2.05) is 18.2 Å². The Balaban J connectivity index is 1.76. The third kappa shape index (κ3) is 3.30. The maximum Gasteiger partial charge on any atom is 0.0721 e. The van der Waals surface area contributed by atoms with Crippen molar-refractivity contribution in [2.45, 2.75) is 25.7 Å². The average molecular weight is 220 g/mol. The van der Waals surface area contributed by atoms with E-state index in [-0.39, 0.29) is 6.10 Å². The number of benzene rings is 1. The van der Waals surface area contributed by atoms with Crippen LogP contribution in [0.4, 0.5) is 0 Å². The topological polar surface area (TPSA) is 33.3 Å². The molecular weight excluding hydrogens is 200 g/mol. The molecule has 1 aromatic rings. The first kappa shape index (κ1) is 11.6. The Kier molecular flexibility index (Phi) is 4.34. The van der Waals surface area contributed by atoms with E-state index >= 15 is 0 Å². The maximum atomic E-state index is 5.86. The molecule has 2 unspecified atom stereocenters. The van der Waals surface area contributed by atoms with Gasteiger partial charge in [0.15, 0.2) is 0 Å². The molecule has 2 atom stereocenters. The fourth-order valence-electron chi connectivity index (χ4n) is 1.93. The van der Waals surface area contributed by atoms with Crippen molar-refractivity contribution < 1.29 is 4.74 Å². The molecular formula is C13H20N2O. The number of nitrogens with one attached hydrogen (secondary N) is 2. The maximum absolute atomic E-state index is 5.86. The summed E-state index contributed by atoms with van der Waals surface area (Å²) in [5, 5.41) is 6.84. The Bertz CT molecular complexity index is 296. The highest BCUT2D eigenvalue weighted by molar-refractivity contribution is 5.13. The molecule has 1 fully saturated rings. The highest BCUT2D eigenvalue weighted by Crippen LogP contribution is 2.06. The zero-order valence-electron chi connectivity index (χ0n) is 9.78. The summed E-state index contributed by atoms with van der Waals surface area (Å²) in [5.41, 5.74) is 1.23. The van der Waals surface area contributed by atoms with Crippen molar-refractivity contribution in [2.24, 2.45) is 0 Å². The minimum absolute atomic E-state index is 0.244. The van der Waals surface area contributed by atoms with Crippen LogP contribution in [0.25, 0.3) is 0 Å². The number of ether oxygens (including phenoxy) is 1. The van der Waals surface area contributed by atoms with Crippen LogP contribution in [-0.2, 0) is 11.3 Å². The van der Waals surface area contributed by atoms with Gasteiger partial charge in [0, 0.05) is 25.7 Å². The van der Waals surface area contributed by atoms with Gasteiger partial charge in [-0.05, 0) is 12.5 Å². The van der Waals surface area contributed by atoms with Gasteiger partial charge in [-0.3, -0.25) is 0 Å². The van der Waals surface area contributed by atoms with Crippen LogP contribution in [0.5, 0.6) is 0 Å². The van der Waals surface area contributed by atoms with Crippen LogP contribution in [0.1, 0.15) is 12.5 Å². The summed E-state index contributed by atoms with van der Waals surface area (Å²) in [4.78, 5) is 0. The molecule has 0 saturated carbocycles. The fraction of sp³-hybridized carbons (Fsp3) is 0.538. The zero-order valence-corrected chi connectivity index (χ0v) is 9.78. The van der Waals surface area contributed by atoms with Gasteiger partial charge in [-0.25, -0.2) is 0 Å². The van der Waals surface area contributed by atoms with Crippen molar-refractivity contribution in [3.63, 3.8) is 0 Å². The number of hydrogen-bond acceptors (Lipinski definition) is 3. The molecule has 0 aliphatic carbocycles. The number of piperazine rings is 1. The van der Waals surface area contributed by atoms with Gasteiger partial charge in [0.1, 0.15) is 0 Å². The van der Waals surface area contributed by atoms with E-state index in [2.05, 4.69) is 29.7 Å². The summed E-state index contributed by atoms with van der Waals surface area (Å²) in [6.07, 6.45) is 0.244. The summed E-state index contributed by atoms with van der Waals surface area (Å²) < 4.78 is 5.86. The van der Waals surface area contributed by atoms with Gasteiger partial charge in [-0.1, -0.05) is 30.3 Å². The van der Waals surface area contributed by atoms with E-state index in [4.69, 9.17) is 4.74 Å².